The van der Waals surface area contributed by atoms with E-state index in [0.29, 0.717) is 13.2 Å². The molecule has 0 aromatic heterocycles. The lowest BCUT2D eigenvalue weighted by Crippen LogP contribution is -2.43. The fourth-order valence-electron chi connectivity index (χ4n) is 2.67. The summed E-state index contributed by atoms with van der Waals surface area (Å²) >= 11 is 1.84. The van der Waals surface area contributed by atoms with Crippen LogP contribution in [0.4, 0.5) is 0 Å². The zero-order chi connectivity index (χ0) is 19.5. The summed E-state index contributed by atoms with van der Waals surface area (Å²) in [5, 5.41) is 6.78. The van der Waals surface area contributed by atoms with Crippen LogP contribution in [0.15, 0.2) is 29.3 Å². The number of hydrogen-bond donors (Lipinski definition) is 2. The molecular weight excluding hydrogens is 360 g/mol. The zero-order valence-electron chi connectivity index (χ0n) is 17.1. The molecule has 2 rings (SSSR count). The fourth-order valence-corrected chi connectivity index (χ4v) is 2.88. The van der Waals surface area contributed by atoms with Crippen molar-refractivity contribution in [3.63, 3.8) is 0 Å². The first kappa shape index (κ1) is 21.9. The van der Waals surface area contributed by atoms with Crippen molar-refractivity contribution in [2.75, 3.05) is 59.3 Å². The van der Waals surface area contributed by atoms with E-state index in [9.17, 15) is 0 Å². The standard InChI is InChI=1S/C20H34N4O2S/c1-20(2,27-4)16-23-19(21-3)22-15-17-7-5-6-8-18(17)26-14-11-24-9-12-25-13-10-24/h5-8H,9-16H2,1-4H3,(H2,21,22,23). The average molecular weight is 395 g/mol. The third kappa shape index (κ3) is 7.99. The number of para-hydroxylation sites is 1. The smallest absolute Gasteiger partial charge is 0.191 e. The Morgan fingerprint density at radius 1 is 1.26 bits per heavy atom. The van der Waals surface area contributed by atoms with Crippen LogP contribution in [0.1, 0.15) is 19.4 Å². The Kier molecular flexibility index (Phi) is 9.24. The Morgan fingerprint density at radius 2 is 2.00 bits per heavy atom. The number of rotatable bonds is 9. The van der Waals surface area contributed by atoms with Gasteiger partial charge in [0.1, 0.15) is 12.4 Å². The Morgan fingerprint density at radius 3 is 2.70 bits per heavy atom. The van der Waals surface area contributed by atoms with Gasteiger partial charge in [-0.15, -0.1) is 0 Å². The number of guanidine groups is 1. The van der Waals surface area contributed by atoms with Crippen LogP contribution < -0.4 is 15.4 Å². The Balaban J connectivity index is 1.81. The Hall–Kier alpha value is -1.44. The van der Waals surface area contributed by atoms with E-state index in [4.69, 9.17) is 9.47 Å². The highest BCUT2D eigenvalue weighted by Gasteiger charge is 2.16. The molecule has 0 aliphatic carbocycles. The minimum absolute atomic E-state index is 0.165. The molecule has 0 saturated carbocycles. The number of aliphatic imine (C=N–C) groups is 1. The lowest BCUT2D eigenvalue weighted by Gasteiger charge is -2.26. The van der Waals surface area contributed by atoms with Gasteiger partial charge in [0.2, 0.25) is 0 Å². The number of thioether (sulfide) groups is 1. The van der Waals surface area contributed by atoms with Crippen molar-refractivity contribution in [1.29, 1.82) is 0 Å². The summed E-state index contributed by atoms with van der Waals surface area (Å²) in [4.78, 5) is 6.70. The van der Waals surface area contributed by atoms with Gasteiger partial charge in [-0.05, 0) is 26.2 Å². The van der Waals surface area contributed by atoms with Crippen LogP contribution in [0.5, 0.6) is 5.75 Å². The minimum atomic E-state index is 0.165. The first-order valence-corrected chi connectivity index (χ1v) is 10.8. The van der Waals surface area contributed by atoms with Crippen LogP contribution >= 0.6 is 11.8 Å². The first-order valence-electron chi connectivity index (χ1n) is 9.54. The third-order valence-corrected chi connectivity index (χ3v) is 5.89. The van der Waals surface area contributed by atoms with Gasteiger partial charge >= 0.3 is 0 Å². The van der Waals surface area contributed by atoms with E-state index in [0.717, 1.165) is 56.7 Å². The molecule has 2 N–H and O–H groups in total. The molecule has 0 atom stereocenters. The number of morpholine rings is 1. The number of nitrogens with zero attached hydrogens (tertiary/aromatic N) is 2. The molecule has 27 heavy (non-hydrogen) atoms. The van der Waals surface area contributed by atoms with Crippen LogP contribution in [0.3, 0.4) is 0 Å². The van der Waals surface area contributed by atoms with Gasteiger partial charge in [-0.3, -0.25) is 9.89 Å². The van der Waals surface area contributed by atoms with E-state index in [-0.39, 0.29) is 4.75 Å². The second-order valence-electron chi connectivity index (χ2n) is 7.15. The molecule has 0 radical (unpaired) electrons. The quantitative estimate of drug-likeness (QED) is 0.495. The van der Waals surface area contributed by atoms with Crippen LogP contribution in [0.25, 0.3) is 0 Å². The molecule has 1 aromatic carbocycles. The minimum Gasteiger partial charge on any atom is -0.492 e. The molecule has 0 bridgehead atoms. The molecular formula is C20H34N4O2S. The molecule has 0 unspecified atom stereocenters. The lowest BCUT2D eigenvalue weighted by molar-refractivity contribution is 0.0322. The maximum Gasteiger partial charge on any atom is 0.191 e. The van der Waals surface area contributed by atoms with Gasteiger partial charge in [-0.1, -0.05) is 18.2 Å². The summed E-state index contributed by atoms with van der Waals surface area (Å²) in [6.07, 6.45) is 2.13. The summed E-state index contributed by atoms with van der Waals surface area (Å²) in [5.41, 5.74) is 1.13. The maximum absolute atomic E-state index is 6.05. The zero-order valence-corrected chi connectivity index (χ0v) is 17.9. The number of hydrogen-bond acceptors (Lipinski definition) is 5. The number of nitrogens with one attached hydrogen (secondary N) is 2. The topological polar surface area (TPSA) is 58.1 Å². The monoisotopic (exact) mass is 394 g/mol. The van der Waals surface area contributed by atoms with Crippen LogP contribution in [0.2, 0.25) is 0 Å². The van der Waals surface area contributed by atoms with E-state index in [1.807, 2.05) is 30.0 Å². The molecule has 0 spiro atoms. The fraction of sp³-hybridized carbons (Fsp3) is 0.650. The predicted molar refractivity (Wildman–Crippen MR) is 115 cm³/mol. The van der Waals surface area contributed by atoms with Gasteiger partial charge in [-0.25, -0.2) is 0 Å². The molecule has 1 heterocycles. The van der Waals surface area contributed by atoms with E-state index in [1.165, 1.54) is 0 Å². The Labute approximate surface area is 168 Å². The molecule has 152 valence electrons. The van der Waals surface area contributed by atoms with Crippen LogP contribution in [-0.4, -0.2) is 74.9 Å². The van der Waals surface area contributed by atoms with Crippen molar-refractivity contribution >= 4 is 17.7 Å². The second-order valence-corrected chi connectivity index (χ2v) is 8.67. The van der Waals surface area contributed by atoms with Gasteiger partial charge in [0.05, 0.1) is 13.2 Å². The normalized spacial score (nSPS) is 16.2. The summed E-state index contributed by atoms with van der Waals surface area (Å²) in [6.45, 7) is 11.2. The first-order chi connectivity index (χ1) is 13.0. The van der Waals surface area contributed by atoms with Gasteiger partial charge in [0, 0.05) is 50.1 Å². The van der Waals surface area contributed by atoms with Crippen molar-refractivity contribution in [2.45, 2.75) is 25.1 Å². The Bertz CT molecular complexity index is 589. The average Bonchev–Trinajstić information content (AvgIpc) is 2.70. The van der Waals surface area contributed by atoms with E-state index >= 15 is 0 Å². The predicted octanol–water partition coefficient (Wildman–Crippen LogP) is 2.20. The van der Waals surface area contributed by atoms with E-state index in [1.54, 1.807) is 7.05 Å². The SMILES string of the molecule is CN=C(NCc1ccccc1OCCN1CCOCC1)NCC(C)(C)SC. The highest BCUT2D eigenvalue weighted by Crippen LogP contribution is 2.20. The van der Waals surface area contributed by atoms with Crippen molar-refractivity contribution in [2.24, 2.45) is 4.99 Å². The molecule has 1 saturated heterocycles. The molecule has 6 nitrogen and oxygen atoms in total. The highest BCUT2D eigenvalue weighted by atomic mass is 32.2. The summed E-state index contributed by atoms with van der Waals surface area (Å²) in [7, 11) is 1.80. The van der Waals surface area contributed by atoms with Crippen molar-refractivity contribution in [1.82, 2.24) is 15.5 Å². The van der Waals surface area contributed by atoms with Gasteiger partial charge in [0.15, 0.2) is 5.96 Å². The summed E-state index contributed by atoms with van der Waals surface area (Å²) in [6, 6.07) is 8.18. The third-order valence-electron chi connectivity index (χ3n) is 4.65. The molecule has 1 aliphatic rings. The van der Waals surface area contributed by atoms with E-state index < -0.39 is 0 Å². The van der Waals surface area contributed by atoms with Crippen LogP contribution in [0, 0.1) is 0 Å². The van der Waals surface area contributed by atoms with Gasteiger partial charge < -0.3 is 20.1 Å². The van der Waals surface area contributed by atoms with Crippen LogP contribution in [-0.2, 0) is 11.3 Å². The molecule has 1 aromatic rings. The molecule has 1 fully saturated rings. The largest absolute Gasteiger partial charge is 0.492 e. The van der Waals surface area contributed by atoms with Crippen molar-refractivity contribution in [3.8, 4) is 5.75 Å². The van der Waals surface area contributed by atoms with Gasteiger partial charge in [-0.2, -0.15) is 11.8 Å². The summed E-state index contributed by atoms with van der Waals surface area (Å²) in [5.74, 6) is 1.73. The molecule has 1 aliphatic heterocycles. The molecule has 7 heteroatoms. The molecule has 0 amide bonds. The number of benzene rings is 1. The van der Waals surface area contributed by atoms with Gasteiger partial charge in [0.25, 0.3) is 0 Å². The maximum atomic E-state index is 6.05. The van der Waals surface area contributed by atoms with Crippen molar-refractivity contribution in [3.05, 3.63) is 29.8 Å². The lowest BCUT2D eigenvalue weighted by atomic mass is 10.2. The number of ether oxygens (including phenoxy) is 2. The van der Waals surface area contributed by atoms with E-state index in [2.05, 4.69) is 46.7 Å². The summed E-state index contributed by atoms with van der Waals surface area (Å²) < 4.78 is 11.6. The van der Waals surface area contributed by atoms with Crippen molar-refractivity contribution < 1.29 is 9.47 Å². The second kappa shape index (κ2) is 11.4. The highest BCUT2D eigenvalue weighted by molar-refractivity contribution is 7.99.